The van der Waals surface area contributed by atoms with E-state index in [1.165, 1.54) is 50.5 Å². The van der Waals surface area contributed by atoms with Crippen LogP contribution in [0, 0.1) is 0 Å². The summed E-state index contributed by atoms with van der Waals surface area (Å²) in [7, 11) is 1.09. The molecule has 5 heteroatoms. The molecule has 0 saturated carbocycles. The predicted molar refractivity (Wildman–Crippen MR) is 94.3 cm³/mol. The average molecular weight is 320 g/mol. The van der Waals surface area contributed by atoms with Gasteiger partial charge in [-0.05, 0) is 43.7 Å². The second-order valence-corrected chi connectivity index (χ2v) is 13.2. The summed E-state index contributed by atoms with van der Waals surface area (Å²) in [6.07, 6.45) is 3.90. The van der Waals surface area contributed by atoms with Crippen molar-refractivity contribution < 1.29 is 8.85 Å². The smallest absolute Gasteiger partial charge is 0.320 e. The van der Waals surface area contributed by atoms with Crippen molar-refractivity contribution in [2.24, 2.45) is 0 Å². The Labute approximate surface area is 130 Å². The van der Waals surface area contributed by atoms with Crippen LogP contribution < -0.4 is 0 Å². The SMILES string of the molecule is CCN(CCCCC[SiH](OC)OC)[Si](CC)(CC)CC. The van der Waals surface area contributed by atoms with E-state index in [0.717, 1.165) is 6.04 Å². The molecular formula is C15H37NO2Si2. The molecule has 0 aromatic heterocycles. The van der Waals surface area contributed by atoms with Gasteiger partial charge in [0.2, 0.25) is 0 Å². The first-order chi connectivity index (χ1) is 9.63. The van der Waals surface area contributed by atoms with Crippen LogP contribution in [0.5, 0.6) is 0 Å². The highest BCUT2D eigenvalue weighted by atomic mass is 28.3. The van der Waals surface area contributed by atoms with Crippen molar-refractivity contribution in [2.45, 2.75) is 71.1 Å². The van der Waals surface area contributed by atoms with Gasteiger partial charge in [-0.15, -0.1) is 0 Å². The van der Waals surface area contributed by atoms with Crippen LogP contribution in [-0.2, 0) is 8.85 Å². The first-order valence-electron chi connectivity index (χ1n) is 8.44. The predicted octanol–water partition coefficient (Wildman–Crippen LogP) is 4.00. The van der Waals surface area contributed by atoms with Crippen molar-refractivity contribution in [3.05, 3.63) is 0 Å². The fraction of sp³-hybridized carbons (Fsp3) is 1.00. The first-order valence-corrected chi connectivity index (χ1v) is 12.8. The second kappa shape index (κ2) is 11.9. The highest BCUT2D eigenvalue weighted by molar-refractivity contribution is 6.77. The molecule has 0 aromatic carbocycles. The molecule has 0 amide bonds. The summed E-state index contributed by atoms with van der Waals surface area (Å²) in [6.45, 7) is 12.1. The Morgan fingerprint density at radius 1 is 0.850 bits per heavy atom. The van der Waals surface area contributed by atoms with Crippen molar-refractivity contribution in [1.29, 1.82) is 0 Å². The minimum Gasteiger partial charge on any atom is -0.400 e. The van der Waals surface area contributed by atoms with Crippen molar-refractivity contribution in [3.63, 3.8) is 0 Å². The normalized spacial score (nSPS) is 12.6. The Hall–Kier alpha value is 0.314. The third-order valence-corrected chi connectivity index (χ3v) is 12.7. The molecule has 0 aliphatic rings. The Balaban J connectivity index is 4.07. The van der Waals surface area contributed by atoms with E-state index in [0.29, 0.717) is 0 Å². The summed E-state index contributed by atoms with van der Waals surface area (Å²) >= 11 is 0. The zero-order valence-electron chi connectivity index (χ0n) is 14.7. The summed E-state index contributed by atoms with van der Waals surface area (Å²) in [5, 5.41) is 0. The minimum absolute atomic E-state index is 1.15. The number of hydrogen-bond acceptors (Lipinski definition) is 3. The third kappa shape index (κ3) is 6.39. The molecule has 0 unspecified atom stereocenters. The van der Waals surface area contributed by atoms with Crippen LogP contribution in [0.3, 0.4) is 0 Å². The molecule has 0 aromatic rings. The van der Waals surface area contributed by atoms with E-state index in [1.807, 2.05) is 0 Å². The van der Waals surface area contributed by atoms with E-state index in [9.17, 15) is 0 Å². The van der Waals surface area contributed by atoms with Crippen LogP contribution in [-0.4, -0.2) is 49.4 Å². The summed E-state index contributed by atoms with van der Waals surface area (Å²) < 4.78 is 13.6. The highest BCUT2D eigenvalue weighted by Crippen LogP contribution is 2.25. The van der Waals surface area contributed by atoms with Gasteiger partial charge in [0.05, 0.1) is 0 Å². The Kier molecular flexibility index (Phi) is 12.1. The van der Waals surface area contributed by atoms with Gasteiger partial charge in [0, 0.05) is 14.2 Å². The molecule has 0 rings (SSSR count). The van der Waals surface area contributed by atoms with Gasteiger partial charge in [0.25, 0.3) is 0 Å². The van der Waals surface area contributed by atoms with E-state index < -0.39 is 17.5 Å². The van der Waals surface area contributed by atoms with Crippen LogP contribution in [0.2, 0.25) is 24.2 Å². The van der Waals surface area contributed by atoms with E-state index in [4.69, 9.17) is 8.85 Å². The van der Waals surface area contributed by atoms with Gasteiger partial charge in [-0.25, -0.2) is 0 Å². The van der Waals surface area contributed by atoms with Gasteiger partial charge in [-0.3, -0.25) is 0 Å². The largest absolute Gasteiger partial charge is 0.400 e. The lowest BCUT2D eigenvalue weighted by Crippen LogP contribution is -2.52. The maximum Gasteiger partial charge on any atom is 0.320 e. The molecule has 3 nitrogen and oxygen atoms in total. The number of nitrogens with zero attached hydrogens (tertiary/aromatic N) is 1. The Morgan fingerprint density at radius 2 is 1.40 bits per heavy atom. The van der Waals surface area contributed by atoms with Crippen molar-refractivity contribution in [2.75, 3.05) is 27.3 Å². The quantitative estimate of drug-likeness (QED) is 0.378. The first kappa shape index (κ1) is 20.3. The summed E-state index contributed by atoms with van der Waals surface area (Å²) in [6, 6.07) is 5.35. The van der Waals surface area contributed by atoms with E-state index in [2.05, 4.69) is 32.3 Å². The van der Waals surface area contributed by atoms with Crippen molar-refractivity contribution >= 4 is 17.5 Å². The molecule has 122 valence electrons. The number of rotatable bonds is 13. The summed E-state index contributed by atoms with van der Waals surface area (Å²) in [5.41, 5.74) is 0. The zero-order chi connectivity index (χ0) is 15.4. The van der Waals surface area contributed by atoms with E-state index in [-0.39, 0.29) is 0 Å². The molecule has 0 N–H and O–H groups in total. The van der Waals surface area contributed by atoms with Gasteiger partial charge >= 0.3 is 9.28 Å². The lowest BCUT2D eigenvalue weighted by atomic mass is 10.2. The lowest BCUT2D eigenvalue weighted by Gasteiger charge is -2.40. The third-order valence-electron chi connectivity index (χ3n) is 4.92. The molecule has 0 saturated heterocycles. The van der Waals surface area contributed by atoms with Crippen LogP contribution in [0.4, 0.5) is 0 Å². The second-order valence-electron chi connectivity index (χ2n) is 5.61. The monoisotopic (exact) mass is 319 g/mol. The zero-order valence-corrected chi connectivity index (χ0v) is 16.9. The van der Waals surface area contributed by atoms with Gasteiger partial charge < -0.3 is 13.4 Å². The molecule has 0 bridgehead atoms. The molecule has 0 fully saturated rings. The van der Waals surface area contributed by atoms with Gasteiger partial charge in [-0.1, -0.05) is 40.5 Å². The molecule has 0 aliphatic carbocycles. The fourth-order valence-electron chi connectivity index (χ4n) is 3.27. The van der Waals surface area contributed by atoms with E-state index >= 15 is 0 Å². The van der Waals surface area contributed by atoms with Gasteiger partial charge in [-0.2, -0.15) is 0 Å². The van der Waals surface area contributed by atoms with Crippen molar-refractivity contribution in [1.82, 2.24) is 4.57 Å². The van der Waals surface area contributed by atoms with Crippen molar-refractivity contribution in [3.8, 4) is 0 Å². The van der Waals surface area contributed by atoms with Crippen LogP contribution >= 0.6 is 0 Å². The maximum atomic E-state index is 5.37. The number of hydrogen-bond donors (Lipinski definition) is 0. The maximum absolute atomic E-state index is 5.37. The molecule has 0 aliphatic heterocycles. The van der Waals surface area contributed by atoms with Gasteiger partial charge in [0.1, 0.15) is 8.24 Å². The van der Waals surface area contributed by atoms with E-state index in [1.54, 1.807) is 14.2 Å². The lowest BCUT2D eigenvalue weighted by molar-refractivity contribution is 0.276. The molecule has 0 radical (unpaired) electrons. The molecule has 0 spiro atoms. The summed E-state index contributed by atoms with van der Waals surface area (Å²) in [4.78, 5) is 0. The standard InChI is InChI=1S/C15H37NO2Si2/c1-7-16(20(8-2,9-3)10-4)14-12-11-13-15-19(17-5)18-6/h19H,7-15H2,1-6H3. The number of unbranched alkanes of at least 4 members (excludes halogenated alkanes) is 2. The van der Waals surface area contributed by atoms with Crippen LogP contribution in [0.15, 0.2) is 0 Å². The van der Waals surface area contributed by atoms with Crippen LogP contribution in [0.25, 0.3) is 0 Å². The molecule has 0 heterocycles. The van der Waals surface area contributed by atoms with Gasteiger partial charge in [0.15, 0.2) is 0 Å². The summed E-state index contributed by atoms with van der Waals surface area (Å²) in [5.74, 6) is 0. The average Bonchev–Trinajstić information content (AvgIpc) is 2.50. The molecule has 0 atom stereocenters. The highest BCUT2D eigenvalue weighted by Gasteiger charge is 2.32. The van der Waals surface area contributed by atoms with Crippen LogP contribution in [0.1, 0.15) is 47.0 Å². The Bertz CT molecular complexity index is 214. The molecular weight excluding hydrogens is 282 g/mol. The topological polar surface area (TPSA) is 21.7 Å². The molecule has 20 heavy (non-hydrogen) atoms. The fourth-order valence-corrected chi connectivity index (χ4v) is 8.70. The minimum atomic E-state index is -1.32. The Morgan fingerprint density at radius 3 is 1.80 bits per heavy atom.